The fourth-order valence-corrected chi connectivity index (χ4v) is 3.87. The van der Waals surface area contributed by atoms with E-state index >= 15 is 0 Å². The van der Waals surface area contributed by atoms with E-state index in [0.29, 0.717) is 12.8 Å². The van der Waals surface area contributed by atoms with E-state index in [2.05, 4.69) is 79.1 Å². The molecule has 42 heavy (non-hydrogen) atoms. The van der Waals surface area contributed by atoms with Gasteiger partial charge in [0.1, 0.15) is 6.61 Å². The third-order valence-corrected chi connectivity index (χ3v) is 6.24. The maximum absolute atomic E-state index is 12.2. The van der Waals surface area contributed by atoms with E-state index < -0.39 is 32.5 Å². The van der Waals surface area contributed by atoms with Gasteiger partial charge in [0.05, 0.1) is 6.61 Å². The van der Waals surface area contributed by atoms with Gasteiger partial charge < -0.3 is 19.3 Å². The molecule has 2 N–H and O–H groups in total. The summed E-state index contributed by atoms with van der Waals surface area (Å²) in [5.41, 5.74) is 0. The number of hydrogen-bond donors (Lipinski definition) is 2. The van der Waals surface area contributed by atoms with Gasteiger partial charge in [-0.3, -0.25) is 14.1 Å². The van der Waals surface area contributed by atoms with E-state index in [1.165, 1.54) is 0 Å². The standard InChI is InChI=1S/C33H53O8P/c1-3-5-7-9-10-11-12-13-14-15-16-17-18-19-20-21-22-24-26-28-33(35)41-31(30-40-42(36,37)38)29-39-32(34)27-25-23-8-6-4-2/h5,7,10-11,13-14,16-17,19-20,22,24,31H,3-4,6,8-9,12,15,18,21,23,25-30H2,1-2H3,(H2,36,37,38)/b7-5-,11-10-,14-13-,17-16-,20-19-,24-22-. The van der Waals surface area contributed by atoms with Crippen LogP contribution in [0.2, 0.25) is 0 Å². The van der Waals surface area contributed by atoms with Crippen molar-refractivity contribution in [2.45, 2.75) is 110 Å². The Bertz CT molecular complexity index is 911. The highest BCUT2D eigenvalue weighted by molar-refractivity contribution is 7.46. The Labute approximate surface area is 253 Å². The molecule has 0 saturated heterocycles. The Balaban J connectivity index is 4.17. The Kier molecular flexibility index (Phi) is 26.9. The monoisotopic (exact) mass is 608 g/mol. The normalized spacial score (nSPS) is 13.5. The third-order valence-electron chi connectivity index (χ3n) is 5.75. The van der Waals surface area contributed by atoms with Crippen LogP contribution >= 0.6 is 7.82 Å². The lowest BCUT2D eigenvalue weighted by Crippen LogP contribution is -2.29. The van der Waals surface area contributed by atoms with Crippen LogP contribution in [0.5, 0.6) is 0 Å². The molecule has 0 aromatic rings. The number of carbonyl (C=O) groups excluding carboxylic acids is 2. The fraction of sp³-hybridized carbons (Fsp3) is 0.576. The summed E-state index contributed by atoms with van der Waals surface area (Å²) in [5.74, 6) is -1.01. The number of ether oxygens (including phenoxy) is 2. The molecule has 0 aliphatic rings. The summed E-state index contributed by atoms with van der Waals surface area (Å²) in [4.78, 5) is 42.1. The van der Waals surface area contributed by atoms with Gasteiger partial charge in [-0.25, -0.2) is 4.57 Å². The van der Waals surface area contributed by atoms with Crippen LogP contribution in [0.4, 0.5) is 0 Å². The summed E-state index contributed by atoms with van der Waals surface area (Å²) in [6.45, 7) is 3.35. The minimum Gasteiger partial charge on any atom is -0.462 e. The minimum atomic E-state index is -4.76. The van der Waals surface area contributed by atoms with E-state index in [0.717, 1.165) is 64.2 Å². The van der Waals surface area contributed by atoms with Crippen LogP contribution in [-0.2, 0) is 28.2 Å². The predicted octanol–water partition coefficient (Wildman–Crippen LogP) is 8.39. The lowest BCUT2D eigenvalue weighted by molar-refractivity contribution is -0.161. The molecule has 0 saturated carbocycles. The zero-order valence-electron chi connectivity index (χ0n) is 25.6. The maximum atomic E-state index is 12.2. The number of esters is 2. The summed E-state index contributed by atoms with van der Waals surface area (Å²) in [6.07, 6.45) is 35.4. The fourth-order valence-electron chi connectivity index (χ4n) is 3.51. The van der Waals surface area contributed by atoms with Crippen molar-refractivity contribution in [3.05, 3.63) is 72.9 Å². The van der Waals surface area contributed by atoms with E-state index in [4.69, 9.17) is 19.3 Å². The molecule has 0 spiro atoms. The molecule has 0 aliphatic carbocycles. The van der Waals surface area contributed by atoms with Crippen molar-refractivity contribution < 1.29 is 37.9 Å². The lowest BCUT2D eigenvalue weighted by Gasteiger charge is -2.18. The van der Waals surface area contributed by atoms with Crippen molar-refractivity contribution in [3.63, 3.8) is 0 Å². The topological polar surface area (TPSA) is 119 Å². The summed E-state index contributed by atoms with van der Waals surface area (Å²) < 4.78 is 25.9. The van der Waals surface area contributed by atoms with Crippen molar-refractivity contribution >= 4 is 19.8 Å². The number of phosphoric ester groups is 1. The van der Waals surface area contributed by atoms with Crippen LogP contribution < -0.4 is 0 Å². The average Bonchev–Trinajstić information content (AvgIpc) is 2.95. The SMILES string of the molecule is CC/C=C\C/C=C\C/C=C\C/C=C\C/C=C\C/C=C\CCC(=O)OC(COC(=O)CCCCCCC)COP(=O)(O)O. The molecule has 0 amide bonds. The quantitative estimate of drug-likeness (QED) is 0.0435. The lowest BCUT2D eigenvalue weighted by atomic mass is 10.1. The summed E-state index contributed by atoms with van der Waals surface area (Å²) >= 11 is 0. The molecule has 238 valence electrons. The zero-order chi connectivity index (χ0) is 31.2. The van der Waals surface area contributed by atoms with Crippen molar-refractivity contribution in [1.82, 2.24) is 0 Å². The molecule has 0 radical (unpaired) electrons. The van der Waals surface area contributed by atoms with E-state index in [1.807, 2.05) is 12.2 Å². The van der Waals surface area contributed by atoms with Crippen molar-refractivity contribution in [1.29, 1.82) is 0 Å². The number of unbranched alkanes of at least 4 members (excludes halogenated alkanes) is 4. The molecule has 1 atom stereocenters. The van der Waals surface area contributed by atoms with Gasteiger partial charge in [0, 0.05) is 12.8 Å². The highest BCUT2D eigenvalue weighted by Crippen LogP contribution is 2.35. The van der Waals surface area contributed by atoms with Gasteiger partial charge in [-0.05, 0) is 51.4 Å². The van der Waals surface area contributed by atoms with Crippen molar-refractivity contribution in [2.75, 3.05) is 13.2 Å². The van der Waals surface area contributed by atoms with Gasteiger partial charge in [-0.15, -0.1) is 0 Å². The number of rotatable bonds is 26. The molecule has 1 unspecified atom stereocenters. The largest absolute Gasteiger partial charge is 0.469 e. The van der Waals surface area contributed by atoms with Crippen LogP contribution in [0.15, 0.2) is 72.9 Å². The number of phosphoric acid groups is 1. The van der Waals surface area contributed by atoms with E-state index in [9.17, 15) is 14.2 Å². The summed E-state index contributed by atoms with van der Waals surface area (Å²) in [6, 6.07) is 0. The number of allylic oxidation sites excluding steroid dienone is 12. The first-order valence-corrected chi connectivity index (χ1v) is 16.8. The van der Waals surface area contributed by atoms with Gasteiger partial charge in [-0.2, -0.15) is 0 Å². The molecule has 9 heteroatoms. The van der Waals surface area contributed by atoms with Gasteiger partial charge in [0.25, 0.3) is 0 Å². The van der Waals surface area contributed by atoms with Crippen LogP contribution in [0.3, 0.4) is 0 Å². The second kappa shape index (κ2) is 28.6. The predicted molar refractivity (Wildman–Crippen MR) is 170 cm³/mol. The Morgan fingerprint density at radius 1 is 0.643 bits per heavy atom. The highest BCUT2D eigenvalue weighted by atomic mass is 31.2. The van der Waals surface area contributed by atoms with Gasteiger partial charge in [0.2, 0.25) is 0 Å². The van der Waals surface area contributed by atoms with Gasteiger partial charge in [0.15, 0.2) is 6.10 Å². The maximum Gasteiger partial charge on any atom is 0.469 e. The molecule has 0 fully saturated rings. The molecule has 0 rings (SSSR count). The van der Waals surface area contributed by atoms with E-state index in [-0.39, 0.29) is 19.4 Å². The Morgan fingerprint density at radius 3 is 1.64 bits per heavy atom. The first kappa shape index (κ1) is 39.5. The first-order valence-electron chi connectivity index (χ1n) is 15.2. The van der Waals surface area contributed by atoms with Crippen LogP contribution in [-0.4, -0.2) is 41.0 Å². The van der Waals surface area contributed by atoms with Crippen LogP contribution in [0.1, 0.15) is 104 Å². The molecule has 0 bridgehead atoms. The Morgan fingerprint density at radius 2 is 1.14 bits per heavy atom. The smallest absolute Gasteiger partial charge is 0.462 e. The molecule has 0 heterocycles. The second-order valence-corrected chi connectivity index (χ2v) is 10.9. The minimum absolute atomic E-state index is 0.0833. The molecule has 0 aliphatic heterocycles. The van der Waals surface area contributed by atoms with Crippen molar-refractivity contribution in [2.24, 2.45) is 0 Å². The number of carbonyl (C=O) groups is 2. The highest BCUT2D eigenvalue weighted by Gasteiger charge is 2.22. The Hall–Kier alpha value is -2.51. The summed E-state index contributed by atoms with van der Waals surface area (Å²) in [5, 5.41) is 0. The van der Waals surface area contributed by atoms with Crippen molar-refractivity contribution in [3.8, 4) is 0 Å². The number of hydrogen-bond acceptors (Lipinski definition) is 6. The summed E-state index contributed by atoms with van der Waals surface area (Å²) in [7, 11) is -4.76. The second-order valence-electron chi connectivity index (χ2n) is 9.70. The van der Waals surface area contributed by atoms with E-state index in [1.54, 1.807) is 0 Å². The van der Waals surface area contributed by atoms with Gasteiger partial charge >= 0.3 is 19.8 Å². The molecular formula is C33H53O8P. The van der Waals surface area contributed by atoms with Gasteiger partial charge in [-0.1, -0.05) is 112 Å². The van der Waals surface area contributed by atoms with Crippen LogP contribution in [0.25, 0.3) is 0 Å². The van der Waals surface area contributed by atoms with Crippen LogP contribution in [0, 0.1) is 0 Å². The first-order chi connectivity index (χ1) is 20.3. The molecule has 0 aromatic heterocycles. The average molecular weight is 609 g/mol. The third kappa shape index (κ3) is 30.4. The zero-order valence-corrected chi connectivity index (χ0v) is 26.5. The molecular weight excluding hydrogens is 555 g/mol. The molecule has 8 nitrogen and oxygen atoms in total. The molecule has 0 aromatic carbocycles.